The second-order valence-corrected chi connectivity index (χ2v) is 4.87. The lowest BCUT2D eigenvalue weighted by Gasteiger charge is -2.12. The number of carbonyl (C=O) groups excluding carboxylic acids is 1. The molecular formula is C10H13BrN2O2. The molecule has 0 bridgehead atoms. The fraction of sp³-hybridized carbons (Fsp3) is 0.600. The lowest BCUT2D eigenvalue weighted by molar-refractivity contribution is -0.127. The predicted molar refractivity (Wildman–Crippen MR) is 58.7 cm³/mol. The van der Waals surface area contributed by atoms with Gasteiger partial charge in [-0.05, 0) is 20.3 Å². The Hall–Kier alpha value is -0.840. The summed E-state index contributed by atoms with van der Waals surface area (Å²) in [5, 5.41) is 0. The van der Waals surface area contributed by atoms with Gasteiger partial charge in [-0.2, -0.15) is 0 Å². The van der Waals surface area contributed by atoms with Gasteiger partial charge in [0.25, 0.3) is 0 Å². The number of halogens is 1. The van der Waals surface area contributed by atoms with Crippen LogP contribution in [0, 0.1) is 13.8 Å². The normalized spacial score (nSPS) is 21.4. The van der Waals surface area contributed by atoms with Gasteiger partial charge in [-0.15, -0.1) is 0 Å². The van der Waals surface area contributed by atoms with E-state index in [1.165, 1.54) is 0 Å². The Morgan fingerprint density at radius 1 is 1.60 bits per heavy atom. The van der Waals surface area contributed by atoms with E-state index in [0.717, 1.165) is 24.4 Å². The van der Waals surface area contributed by atoms with Crippen LogP contribution in [0.4, 0.5) is 0 Å². The Bertz CT molecular complexity index is 369. The number of aryl methyl sites for hydroxylation is 2. The Kier molecular flexibility index (Phi) is 2.82. The Balaban J connectivity index is 2.06. The van der Waals surface area contributed by atoms with E-state index in [0.29, 0.717) is 12.4 Å². The second-order valence-electron chi connectivity index (χ2n) is 3.77. The number of likely N-dealkylation sites (tertiary alicyclic amines) is 1. The number of amides is 1. The topological polar surface area (TPSA) is 46.3 Å². The van der Waals surface area contributed by atoms with E-state index < -0.39 is 0 Å². The van der Waals surface area contributed by atoms with Crippen molar-refractivity contribution in [2.75, 3.05) is 6.54 Å². The van der Waals surface area contributed by atoms with Crippen LogP contribution in [0.3, 0.4) is 0 Å². The van der Waals surface area contributed by atoms with Crippen molar-refractivity contribution in [3.8, 4) is 0 Å². The molecule has 2 rings (SSSR count). The van der Waals surface area contributed by atoms with Gasteiger partial charge in [-0.25, -0.2) is 4.98 Å². The zero-order valence-electron chi connectivity index (χ0n) is 8.79. The van der Waals surface area contributed by atoms with Crippen LogP contribution in [-0.2, 0) is 11.3 Å². The molecule has 2 heterocycles. The lowest BCUT2D eigenvalue weighted by Crippen LogP contribution is -2.27. The number of aromatic nitrogens is 1. The molecule has 4 nitrogen and oxygen atoms in total. The first kappa shape index (κ1) is 10.7. The smallest absolute Gasteiger partial charge is 0.236 e. The molecule has 0 saturated carbocycles. The van der Waals surface area contributed by atoms with E-state index in [1.54, 1.807) is 4.90 Å². The minimum Gasteiger partial charge on any atom is -0.444 e. The second kappa shape index (κ2) is 3.96. The monoisotopic (exact) mass is 272 g/mol. The molecule has 0 aliphatic carbocycles. The molecule has 0 spiro atoms. The summed E-state index contributed by atoms with van der Waals surface area (Å²) in [6.07, 6.45) is 0.859. The standard InChI is InChI=1S/C10H13BrN2O2/c1-6-7(2)15-9(12-6)5-13-4-3-8(11)10(13)14/h8H,3-5H2,1-2H3. The van der Waals surface area contributed by atoms with E-state index in [-0.39, 0.29) is 10.7 Å². The molecular weight excluding hydrogens is 260 g/mol. The lowest BCUT2D eigenvalue weighted by atomic mass is 10.4. The molecule has 1 fully saturated rings. The average molecular weight is 273 g/mol. The van der Waals surface area contributed by atoms with Crippen LogP contribution < -0.4 is 0 Å². The van der Waals surface area contributed by atoms with Crippen LogP contribution in [0.5, 0.6) is 0 Å². The number of nitrogens with zero attached hydrogens (tertiary/aromatic N) is 2. The third-order valence-electron chi connectivity index (χ3n) is 2.63. The van der Waals surface area contributed by atoms with Gasteiger partial charge in [0.1, 0.15) is 5.76 Å². The van der Waals surface area contributed by atoms with Crippen molar-refractivity contribution in [1.82, 2.24) is 9.88 Å². The minimum absolute atomic E-state index is 0.0327. The first-order valence-corrected chi connectivity index (χ1v) is 5.85. The van der Waals surface area contributed by atoms with Crippen LogP contribution in [0.25, 0.3) is 0 Å². The maximum atomic E-state index is 11.6. The number of alkyl halides is 1. The Labute approximate surface area is 96.8 Å². The first-order chi connectivity index (χ1) is 7.08. The van der Waals surface area contributed by atoms with Crippen molar-refractivity contribution in [3.63, 3.8) is 0 Å². The molecule has 0 N–H and O–H groups in total. The quantitative estimate of drug-likeness (QED) is 0.772. The molecule has 1 amide bonds. The summed E-state index contributed by atoms with van der Waals surface area (Å²) in [5.74, 6) is 1.58. The minimum atomic E-state index is -0.0327. The summed E-state index contributed by atoms with van der Waals surface area (Å²) in [7, 11) is 0. The van der Waals surface area contributed by atoms with Gasteiger partial charge in [0.2, 0.25) is 11.8 Å². The Morgan fingerprint density at radius 3 is 2.80 bits per heavy atom. The summed E-state index contributed by atoms with van der Waals surface area (Å²) >= 11 is 3.33. The summed E-state index contributed by atoms with van der Waals surface area (Å²) in [4.78, 5) is 17.6. The fourth-order valence-corrected chi connectivity index (χ4v) is 2.12. The van der Waals surface area contributed by atoms with Crippen molar-refractivity contribution in [1.29, 1.82) is 0 Å². The Morgan fingerprint density at radius 2 is 2.33 bits per heavy atom. The summed E-state index contributed by atoms with van der Waals surface area (Å²) in [6.45, 7) is 5.04. The molecule has 1 saturated heterocycles. The van der Waals surface area contributed by atoms with Crippen LogP contribution >= 0.6 is 15.9 Å². The van der Waals surface area contributed by atoms with Gasteiger partial charge in [0, 0.05) is 6.54 Å². The van der Waals surface area contributed by atoms with Gasteiger partial charge in [0.15, 0.2) is 0 Å². The van der Waals surface area contributed by atoms with E-state index in [9.17, 15) is 4.79 Å². The van der Waals surface area contributed by atoms with Gasteiger partial charge in [-0.3, -0.25) is 4.79 Å². The van der Waals surface area contributed by atoms with E-state index >= 15 is 0 Å². The predicted octanol–water partition coefficient (Wildman–Crippen LogP) is 1.79. The van der Waals surface area contributed by atoms with Crippen molar-refractivity contribution >= 4 is 21.8 Å². The molecule has 5 heteroatoms. The van der Waals surface area contributed by atoms with Crippen molar-refractivity contribution in [2.45, 2.75) is 31.6 Å². The molecule has 1 aliphatic rings. The van der Waals surface area contributed by atoms with Crippen molar-refractivity contribution in [3.05, 3.63) is 17.3 Å². The molecule has 0 radical (unpaired) electrons. The largest absolute Gasteiger partial charge is 0.444 e. The first-order valence-electron chi connectivity index (χ1n) is 4.93. The van der Waals surface area contributed by atoms with E-state index in [4.69, 9.17) is 4.42 Å². The van der Waals surface area contributed by atoms with Gasteiger partial charge >= 0.3 is 0 Å². The van der Waals surface area contributed by atoms with Crippen molar-refractivity contribution in [2.24, 2.45) is 0 Å². The van der Waals surface area contributed by atoms with Crippen LogP contribution in [0.15, 0.2) is 4.42 Å². The average Bonchev–Trinajstić information content (AvgIpc) is 2.65. The van der Waals surface area contributed by atoms with Crippen LogP contribution in [-0.4, -0.2) is 27.2 Å². The highest BCUT2D eigenvalue weighted by Gasteiger charge is 2.30. The third-order valence-corrected chi connectivity index (χ3v) is 3.48. The number of hydrogen-bond acceptors (Lipinski definition) is 3. The molecule has 0 aromatic carbocycles. The van der Waals surface area contributed by atoms with E-state index in [2.05, 4.69) is 20.9 Å². The third kappa shape index (κ3) is 2.07. The molecule has 1 aromatic heterocycles. The number of oxazole rings is 1. The molecule has 82 valence electrons. The molecule has 1 aliphatic heterocycles. The zero-order valence-corrected chi connectivity index (χ0v) is 10.4. The molecule has 1 unspecified atom stereocenters. The van der Waals surface area contributed by atoms with Crippen LogP contribution in [0.1, 0.15) is 23.8 Å². The summed E-state index contributed by atoms with van der Waals surface area (Å²) in [6, 6.07) is 0. The van der Waals surface area contributed by atoms with Gasteiger partial charge < -0.3 is 9.32 Å². The molecule has 15 heavy (non-hydrogen) atoms. The number of carbonyl (C=O) groups is 1. The highest BCUT2D eigenvalue weighted by Crippen LogP contribution is 2.20. The summed E-state index contributed by atoms with van der Waals surface area (Å²) in [5.41, 5.74) is 0.895. The van der Waals surface area contributed by atoms with Crippen molar-refractivity contribution < 1.29 is 9.21 Å². The molecule has 1 aromatic rings. The van der Waals surface area contributed by atoms with Crippen LogP contribution in [0.2, 0.25) is 0 Å². The van der Waals surface area contributed by atoms with Gasteiger partial charge in [0.05, 0.1) is 17.1 Å². The molecule has 1 atom stereocenters. The highest BCUT2D eigenvalue weighted by molar-refractivity contribution is 9.10. The van der Waals surface area contributed by atoms with Gasteiger partial charge in [-0.1, -0.05) is 15.9 Å². The number of rotatable bonds is 2. The maximum Gasteiger partial charge on any atom is 0.236 e. The summed E-state index contributed by atoms with van der Waals surface area (Å²) < 4.78 is 5.44. The zero-order chi connectivity index (χ0) is 11.0. The highest BCUT2D eigenvalue weighted by atomic mass is 79.9. The SMILES string of the molecule is Cc1nc(CN2CCC(Br)C2=O)oc1C. The number of hydrogen-bond donors (Lipinski definition) is 0. The maximum absolute atomic E-state index is 11.6. The van der Waals surface area contributed by atoms with E-state index in [1.807, 2.05) is 13.8 Å². The fourth-order valence-electron chi connectivity index (χ4n) is 1.63.